The van der Waals surface area contributed by atoms with Crippen molar-refractivity contribution in [1.82, 2.24) is 14.9 Å². The van der Waals surface area contributed by atoms with Gasteiger partial charge in [-0.1, -0.05) is 18.6 Å². The molecule has 1 aromatic heterocycles. The van der Waals surface area contributed by atoms with Crippen molar-refractivity contribution in [2.45, 2.75) is 37.6 Å². The summed E-state index contributed by atoms with van der Waals surface area (Å²) in [5.74, 6) is 1.60. The monoisotopic (exact) mass is 257 g/mol. The van der Waals surface area contributed by atoms with Crippen LogP contribution in [0.5, 0.6) is 0 Å². The molecule has 1 aliphatic carbocycles. The number of amides is 1. The SMILES string of the molecule is Cn1c([C@@H]2CCCC(NC=O)C2)nc2ccccc21. The zero-order valence-corrected chi connectivity index (χ0v) is 11.2. The van der Waals surface area contributed by atoms with Gasteiger partial charge in [0.15, 0.2) is 0 Å². The van der Waals surface area contributed by atoms with Crippen LogP contribution in [0.15, 0.2) is 24.3 Å². The number of hydrogen-bond acceptors (Lipinski definition) is 2. The Morgan fingerprint density at radius 3 is 3.00 bits per heavy atom. The molecule has 0 spiro atoms. The highest BCUT2D eigenvalue weighted by Gasteiger charge is 2.26. The van der Waals surface area contributed by atoms with E-state index < -0.39 is 0 Å². The topological polar surface area (TPSA) is 46.9 Å². The maximum absolute atomic E-state index is 10.6. The average Bonchev–Trinajstić information content (AvgIpc) is 2.78. The summed E-state index contributed by atoms with van der Waals surface area (Å²) in [6, 6.07) is 8.54. The number of aryl methyl sites for hydroxylation is 1. The summed E-state index contributed by atoms with van der Waals surface area (Å²) in [7, 11) is 2.08. The van der Waals surface area contributed by atoms with Crippen molar-refractivity contribution in [1.29, 1.82) is 0 Å². The molecular formula is C15H19N3O. The van der Waals surface area contributed by atoms with Gasteiger partial charge < -0.3 is 9.88 Å². The number of carbonyl (C=O) groups is 1. The Hall–Kier alpha value is -1.84. The molecule has 0 bridgehead atoms. The smallest absolute Gasteiger partial charge is 0.207 e. The number of nitrogens with zero attached hydrogens (tertiary/aromatic N) is 2. The van der Waals surface area contributed by atoms with E-state index in [0.717, 1.165) is 43.4 Å². The zero-order chi connectivity index (χ0) is 13.2. The maximum atomic E-state index is 10.6. The first kappa shape index (κ1) is 12.2. The van der Waals surface area contributed by atoms with Gasteiger partial charge in [-0.25, -0.2) is 4.98 Å². The highest BCUT2D eigenvalue weighted by atomic mass is 16.1. The predicted molar refractivity (Wildman–Crippen MR) is 74.9 cm³/mol. The van der Waals surface area contributed by atoms with Crippen molar-refractivity contribution in [2.75, 3.05) is 0 Å². The Morgan fingerprint density at radius 1 is 1.37 bits per heavy atom. The Balaban J connectivity index is 1.91. The maximum Gasteiger partial charge on any atom is 0.207 e. The van der Waals surface area contributed by atoms with E-state index in [1.54, 1.807) is 0 Å². The van der Waals surface area contributed by atoms with Crippen LogP contribution in [-0.4, -0.2) is 22.0 Å². The molecular weight excluding hydrogens is 238 g/mol. The molecule has 2 atom stereocenters. The summed E-state index contributed by atoms with van der Waals surface area (Å²) >= 11 is 0. The summed E-state index contributed by atoms with van der Waals surface area (Å²) in [6.07, 6.45) is 5.21. The minimum Gasteiger partial charge on any atom is -0.356 e. The van der Waals surface area contributed by atoms with Crippen molar-refractivity contribution in [2.24, 2.45) is 7.05 Å². The second-order valence-electron chi connectivity index (χ2n) is 5.36. The van der Waals surface area contributed by atoms with Crippen LogP contribution >= 0.6 is 0 Å². The third-order valence-corrected chi connectivity index (χ3v) is 4.16. The fourth-order valence-electron chi connectivity index (χ4n) is 3.20. The lowest BCUT2D eigenvalue weighted by Crippen LogP contribution is -2.33. The number of imidazole rings is 1. The van der Waals surface area contributed by atoms with Gasteiger partial charge in [0.1, 0.15) is 5.82 Å². The molecule has 3 rings (SSSR count). The van der Waals surface area contributed by atoms with Gasteiger partial charge in [-0.2, -0.15) is 0 Å². The molecule has 100 valence electrons. The number of hydrogen-bond donors (Lipinski definition) is 1. The van der Waals surface area contributed by atoms with Crippen molar-refractivity contribution in [3.63, 3.8) is 0 Å². The van der Waals surface area contributed by atoms with Crippen LogP contribution in [0.3, 0.4) is 0 Å². The van der Waals surface area contributed by atoms with Crippen LogP contribution in [0.25, 0.3) is 11.0 Å². The molecule has 19 heavy (non-hydrogen) atoms. The van der Waals surface area contributed by atoms with E-state index in [4.69, 9.17) is 4.98 Å². The third kappa shape index (κ3) is 2.23. The minimum atomic E-state index is 0.302. The number of benzene rings is 1. The van der Waals surface area contributed by atoms with E-state index in [1.165, 1.54) is 5.52 Å². The van der Waals surface area contributed by atoms with Crippen LogP contribution in [0.2, 0.25) is 0 Å². The molecule has 1 saturated carbocycles. The Morgan fingerprint density at radius 2 is 2.21 bits per heavy atom. The minimum absolute atomic E-state index is 0.302. The lowest BCUT2D eigenvalue weighted by atomic mass is 9.85. The third-order valence-electron chi connectivity index (χ3n) is 4.16. The van der Waals surface area contributed by atoms with Gasteiger partial charge in [-0.05, 0) is 31.4 Å². The molecule has 1 aromatic carbocycles. The molecule has 1 amide bonds. The van der Waals surface area contributed by atoms with Gasteiger partial charge in [0.2, 0.25) is 6.41 Å². The molecule has 0 radical (unpaired) electrons. The van der Waals surface area contributed by atoms with Gasteiger partial charge in [0.25, 0.3) is 0 Å². The standard InChI is InChI=1S/C15H19N3O/c1-18-14-8-3-2-7-13(14)17-15(18)11-5-4-6-12(9-11)16-10-19/h2-3,7-8,10-12H,4-6,9H2,1H3,(H,16,19)/t11-,12?/m1/s1. The van der Waals surface area contributed by atoms with E-state index in [-0.39, 0.29) is 0 Å². The molecule has 1 fully saturated rings. The molecule has 2 aromatic rings. The number of fused-ring (bicyclic) bond motifs is 1. The van der Waals surface area contributed by atoms with Crippen molar-refractivity contribution < 1.29 is 4.79 Å². The quantitative estimate of drug-likeness (QED) is 0.858. The van der Waals surface area contributed by atoms with Crippen LogP contribution in [0.1, 0.15) is 37.4 Å². The van der Waals surface area contributed by atoms with E-state index in [1.807, 2.05) is 12.1 Å². The van der Waals surface area contributed by atoms with Crippen LogP contribution < -0.4 is 5.32 Å². The zero-order valence-electron chi connectivity index (χ0n) is 11.2. The lowest BCUT2D eigenvalue weighted by molar-refractivity contribution is -0.110. The van der Waals surface area contributed by atoms with Gasteiger partial charge in [0, 0.05) is 19.0 Å². The lowest BCUT2D eigenvalue weighted by Gasteiger charge is -2.28. The van der Waals surface area contributed by atoms with E-state index >= 15 is 0 Å². The highest BCUT2D eigenvalue weighted by molar-refractivity contribution is 5.75. The fraction of sp³-hybridized carbons (Fsp3) is 0.467. The van der Waals surface area contributed by atoms with Crippen molar-refractivity contribution >= 4 is 17.4 Å². The van der Waals surface area contributed by atoms with Crippen LogP contribution in [0, 0.1) is 0 Å². The van der Waals surface area contributed by atoms with E-state index in [9.17, 15) is 4.79 Å². The number of carbonyl (C=O) groups excluding carboxylic acids is 1. The molecule has 4 nitrogen and oxygen atoms in total. The largest absolute Gasteiger partial charge is 0.356 e. The number of para-hydroxylation sites is 2. The van der Waals surface area contributed by atoms with Gasteiger partial charge >= 0.3 is 0 Å². The normalized spacial score (nSPS) is 23.4. The molecule has 4 heteroatoms. The Kier molecular flexibility index (Phi) is 3.23. The van der Waals surface area contributed by atoms with Gasteiger partial charge in [-0.3, -0.25) is 4.79 Å². The summed E-state index contributed by atoms with van der Waals surface area (Å²) in [5.41, 5.74) is 2.24. The first-order chi connectivity index (χ1) is 9.29. The summed E-state index contributed by atoms with van der Waals surface area (Å²) in [5, 5.41) is 2.92. The Bertz CT molecular complexity index is 590. The molecule has 0 saturated heterocycles. The summed E-state index contributed by atoms with van der Waals surface area (Å²) < 4.78 is 2.20. The highest BCUT2D eigenvalue weighted by Crippen LogP contribution is 2.33. The van der Waals surface area contributed by atoms with Crippen LogP contribution in [0.4, 0.5) is 0 Å². The fourth-order valence-corrected chi connectivity index (χ4v) is 3.20. The van der Waals surface area contributed by atoms with Crippen molar-refractivity contribution in [3.8, 4) is 0 Å². The van der Waals surface area contributed by atoms with Gasteiger partial charge in [0.05, 0.1) is 11.0 Å². The van der Waals surface area contributed by atoms with Crippen LogP contribution in [-0.2, 0) is 11.8 Å². The summed E-state index contributed by atoms with van der Waals surface area (Å²) in [4.78, 5) is 15.4. The second kappa shape index (κ2) is 5.03. The second-order valence-corrected chi connectivity index (χ2v) is 5.36. The summed E-state index contributed by atoms with van der Waals surface area (Å²) in [6.45, 7) is 0. The number of rotatable bonds is 3. The first-order valence-corrected chi connectivity index (χ1v) is 6.90. The molecule has 1 aliphatic rings. The predicted octanol–water partition coefficient (Wildman–Crippen LogP) is 2.35. The molecule has 1 N–H and O–H groups in total. The average molecular weight is 257 g/mol. The first-order valence-electron chi connectivity index (χ1n) is 6.90. The van der Waals surface area contributed by atoms with E-state index in [2.05, 4.69) is 29.1 Å². The number of aromatic nitrogens is 2. The molecule has 0 aliphatic heterocycles. The Labute approximate surface area is 112 Å². The molecule has 1 heterocycles. The van der Waals surface area contributed by atoms with Gasteiger partial charge in [-0.15, -0.1) is 0 Å². The van der Waals surface area contributed by atoms with E-state index in [0.29, 0.717) is 12.0 Å². The number of nitrogens with one attached hydrogen (secondary N) is 1. The van der Waals surface area contributed by atoms with Crippen molar-refractivity contribution in [3.05, 3.63) is 30.1 Å². The molecule has 1 unspecified atom stereocenters.